The van der Waals surface area contributed by atoms with E-state index in [2.05, 4.69) is 16.0 Å². The second kappa shape index (κ2) is 5.90. The summed E-state index contributed by atoms with van der Waals surface area (Å²) in [5.41, 5.74) is -0.818. The molecule has 1 aliphatic heterocycles. The summed E-state index contributed by atoms with van der Waals surface area (Å²) in [7, 11) is 0. The topological polar surface area (TPSA) is 70.2 Å². The molecule has 1 saturated heterocycles. The first kappa shape index (κ1) is 15.6. The van der Waals surface area contributed by atoms with Gasteiger partial charge in [0.05, 0.1) is 22.8 Å². The van der Waals surface area contributed by atoms with E-state index in [1.807, 2.05) is 0 Å². The number of rotatable bonds is 2. The van der Waals surface area contributed by atoms with Gasteiger partial charge in [0, 0.05) is 6.54 Å². The average Bonchev–Trinajstić information content (AvgIpc) is 2.40. The lowest BCUT2D eigenvalue weighted by Gasteiger charge is -2.23. The lowest BCUT2D eigenvalue weighted by atomic mass is 10.1. The van der Waals surface area contributed by atoms with E-state index in [1.165, 1.54) is 0 Å². The Balaban J connectivity index is 2.06. The molecular formula is C12H11ClF3N3O2. The maximum atomic E-state index is 12.5. The quantitative estimate of drug-likeness (QED) is 0.771. The summed E-state index contributed by atoms with van der Waals surface area (Å²) < 4.78 is 37.5. The first-order valence-corrected chi connectivity index (χ1v) is 6.33. The molecule has 114 valence electrons. The lowest BCUT2D eigenvalue weighted by Crippen LogP contribution is -2.56. The predicted molar refractivity (Wildman–Crippen MR) is 69.9 cm³/mol. The van der Waals surface area contributed by atoms with Crippen LogP contribution in [-0.2, 0) is 15.8 Å². The number of carbonyl (C=O) groups is 2. The average molecular weight is 322 g/mol. The molecule has 21 heavy (non-hydrogen) atoms. The minimum absolute atomic E-state index is 0.00116. The molecule has 9 heteroatoms. The van der Waals surface area contributed by atoms with E-state index in [0.717, 1.165) is 18.2 Å². The molecule has 2 rings (SSSR count). The fourth-order valence-electron chi connectivity index (χ4n) is 1.76. The largest absolute Gasteiger partial charge is 0.416 e. The fourth-order valence-corrected chi connectivity index (χ4v) is 1.99. The summed E-state index contributed by atoms with van der Waals surface area (Å²) in [6.45, 7) is 0.0990. The number of alkyl halides is 3. The molecule has 2 amide bonds. The van der Waals surface area contributed by atoms with Gasteiger partial charge in [0.25, 0.3) is 0 Å². The molecule has 0 aliphatic carbocycles. The molecule has 1 atom stereocenters. The van der Waals surface area contributed by atoms with Crippen molar-refractivity contribution in [3.05, 3.63) is 28.8 Å². The highest BCUT2D eigenvalue weighted by molar-refractivity contribution is 6.33. The Morgan fingerprint density at radius 3 is 2.62 bits per heavy atom. The third-order valence-corrected chi connectivity index (χ3v) is 3.20. The second-order valence-electron chi connectivity index (χ2n) is 4.42. The van der Waals surface area contributed by atoms with E-state index >= 15 is 0 Å². The van der Waals surface area contributed by atoms with Crippen LogP contribution in [0.2, 0.25) is 5.02 Å². The van der Waals surface area contributed by atoms with Crippen molar-refractivity contribution in [1.29, 1.82) is 0 Å². The van der Waals surface area contributed by atoms with Crippen molar-refractivity contribution in [3.63, 3.8) is 0 Å². The van der Waals surface area contributed by atoms with Gasteiger partial charge in [-0.3, -0.25) is 14.9 Å². The standard InChI is InChI=1S/C12H11ClF3N3O2/c13-7-3-6(12(14,15)16)1-2-8(7)19-11(21)9-4-18-10(20)5-17-9/h1-3,9,17H,4-5H2,(H,18,20)(H,19,21). The van der Waals surface area contributed by atoms with Crippen molar-refractivity contribution in [2.24, 2.45) is 0 Å². The van der Waals surface area contributed by atoms with Crippen molar-refractivity contribution >= 4 is 29.1 Å². The minimum Gasteiger partial charge on any atom is -0.353 e. The van der Waals surface area contributed by atoms with Gasteiger partial charge in [0.15, 0.2) is 0 Å². The van der Waals surface area contributed by atoms with Crippen molar-refractivity contribution < 1.29 is 22.8 Å². The predicted octanol–water partition coefficient (Wildman–Crippen LogP) is 1.39. The number of halogens is 4. The number of piperazine rings is 1. The van der Waals surface area contributed by atoms with Gasteiger partial charge in [0.2, 0.25) is 11.8 Å². The number of anilines is 1. The Morgan fingerprint density at radius 2 is 2.10 bits per heavy atom. The summed E-state index contributed by atoms with van der Waals surface area (Å²) in [4.78, 5) is 22.8. The van der Waals surface area contributed by atoms with E-state index in [9.17, 15) is 22.8 Å². The van der Waals surface area contributed by atoms with Crippen molar-refractivity contribution in [2.75, 3.05) is 18.4 Å². The summed E-state index contributed by atoms with van der Waals surface area (Å²) in [6, 6.07) is 2.00. The van der Waals surface area contributed by atoms with Crippen LogP contribution in [0, 0.1) is 0 Å². The molecule has 0 aromatic heterocycles. The lowest BCUT2D eigenvalue weighted by molar-refractivity contribution is -0.137. The van der Waals surface area contributed by atoms with E-state index in [-0.39, 0.29) is 29.7 Å². The second-order valence-corrected chi connectivity index (χ2v) is 4.83. The summed E-state index contributed by atoms with van der Waals surface area (Å²) >= 11 is 5.74. The molecule has 0 bridgehead atoms. The van der Waals surface area contributed by atoms with Crippen molar-refractivity contribution in [2.45, 2.75) is 12.2 Å². The number of benzene rings is 1. The van der Waals surface area contributed by atoms with Crippen LogP contribution in [0.25, 0.3) is 0 Å². The Labute approximate surface area is 122 Å². The van der Waals surface area contributed by atoms with Crippen LogP contribution < -0.4 is 16.0 Å². The Hall–Kier alpha value is -1.80. The molecule has 1 aliphatic rings. The molecule has 5 nitrogen and oxygen atoms in total. The van der Waals surface area contributed by atoms with Gasteiger partial charge < -0.3 is 10.6 Å². The highest BCUT2D eigenvalue weighted by Gasteiger charge is 2.31. The molecule has 1 unspecified atom stereocenters. The molecule has 1 fully saturated rings. The number of amides is 2. The van der Waals surface area contributed by atoms with Crippen LogP contribution in [0.4, 0.5) is 18.9 Å². The van der Waals surface area contributed by atoms with Gasteiger partial charge in [0.1, 0.15) is 6.04 Å². The van der Waals surface area contributed by atoms with Gasteiger partial charge in [-0.2, -0.15) is 13.2 Å². The van der Waals surface area contributed by atoms with Crippen LogP contribution >= 0.6 is 11.6 Å². The SMILES string of the molecule is O=C1CNC(C(=O)Nc2ccc(C(F)(F)F)cc2Cl)CN1. The van der Waals surface area contributed by atoms with E-state index in [0.29, 0.717) is 0 Å². The zero-order chi connectivity index (χ0) is 15.6. The summed E-state index contributed by atoms with van der Waals surface area (Å²) in [5, 5.41) is 7.41. The summed E-state index contributed by atoms with van der Waals surface area (Å²) in [5.74, 6) is -0.719. The van der Waals surface area contributed by atoms with Crippen LogP contribution in [0.5, 0.6) is 0 Å². The van der Waals surface area contributed by atoms with Crippen LogP contribution in [0.3, 0.4) is 0 Å². The van der Waals surface area contributed by atoms with Crippen LogP contribution in [0.15, 0.2) is 18.2 Å². The van der Waals surface area contributed by atoms with Crippen molar-refractivity contribution in [3.8, 4) is 0 Å². The van der Waals surface area contributed by atoms with Crippen LogP contribution in [-0.4, -0.2) is 30.9 Å². The molecule has 1 heterocycles. The third kappa shape index (κ3) is 3.85. The molecule has 0 spiro atoms. The molecule has 0 saturated carbocycles. The van der Waals surface area contributed by atoms with E-state index < -0.39 is 23.7 Å². The Morgan fingerprint density at radius 1 is 1.38 bits per heavy atom. The smallest absolute Gasteiger partial charge is 0.353 e. The first-order chi connectivity index (χ1) is 9.77. The number of hydrogen-bond acceptors (Lipinski definition) is 3. The van der Waals surface area contributed by atoms with Crippen molar-refractivity contribution in [1.82, 2.24) is 10.6 Å². The molecular weight excluding hydrogens is 311 g/mol. The highest BCUT2D eigenvalue weighted by Crippen LogP contribution is 2.33. The normalized spacial score (nSPS) is 19.0. The zero-order valence-electron chi connectivity index (χ0n) is 10.6. The van der Waals surface area contributed by atoms with Gasteiger partial charge in [-0.15, -0.1) is 0 Å². The van der Waals surface area contributed by atoms with E-state index in [1.54, 1.807) is 0 Å². The molecule has 3 N–H and O–H groups in total. The van der Waals surface area contributed by atoms with E-state index in [4.69, 9.17) is 11.6 Å². The number of nitrogens with one attached hydrogen (secondary N) is 3. The Kier molecular flexibility index (Phi) is 4.38. The maximum absolute atomic E-state index is 12.5. The number of carbonyl (C=O) groups excluding carboxylic acids is 2. The highest BCUT2D eigenvalue weighted by atomic mass is 35.5. The summed E-state index contributed by atoms with van der Waals surface area (Å²) in [6.07, 6.45) is -4.50. The number of hydrogen-bond donors (Lipinski definition) is 3. The molecule has 1 aromatic carbocycles. The monoisotopic (exact) mass is 321 g/mol. The maximum Gasteiger partial charge on any atom is 0.416 e. The molecule has 0 radical (unpaired) electrons. The first-order valence-electron chi connectivity index (χ1n) is 5.95. The zero-order valence-corrected chi connectivity index (χ0v) is 11.3. The van der Waals surface area contributed by atoms with Gasteiger partial charge in [-0.05, 0) is 18.2 Å². The third-order valence-electron chi connectivity index (χ3n) is 2.88. The van der Waals surface area contributed by atoms with Gasteiger partial charge in [-0.1, -0.05) is 11.6 Å². The Bertz CT molecular complexity index is 567. The fraction of sp³-hybridized carbons (Fsp3) is 0.333. The molecule has 1 aromatic rings. The minimum atomic E-state index is -4.50. The van der Waals surface area contributed by atoms with Crippen LogP contribution in [0.1, 0.15) is 5.56 Å². The van der Waals surface area contributed by atoms with Gasteiger partial charge in [-0.25, -0.2) is 0 Å². The van der Waals surface area contributed by atoms with Gasteiger partial charge >= 0.3 is 6.18 Å².